The van der Waals surface area contributed by atoms with Crippen LogP contribution in [-0.2, 0) is 11.3 Å². The normalized spacial score (nSPS) is 22.4. The lowest BCUT2D eigenvalue weighted by Crippen LogP contribution is -2.25. The number of ether oxygens (including phenoxy) is 1. The van der Waals surface area contributed by atoms with E-state index < -0.39 is 6.10 Å². The second-order valence-electron chi connectivity index (χ2n) is 5.10. The van der Waals surface area contributed by atoms with Crippen molar-refractivity contribution in [2.24, 2.45) is 0 Å². The SMILES string of the molecule is COC1CN(c2ccn(Cc3ccccc3)n2)C[C@@H]1O. The Morgan fingerprint density at radius 3 is 2.75 bits per heavy atom. The largest absolute Gasteiger partial charge is 0.388 e. The van der Waals surface area contributed by atoms with Crippen molar-refractivity contribution in [1.29, 1.82) is 0 Å². The summed E-state index contributed by atoms with van der Waals surface area (Å²) in [6.07, 6.45) is 1.39. The molecule has 2 atom stereocenters. The number of rotatable bonds is 4. The zero-order chi connectivity index (χ0) is 13.9. The number of anilines is 1. The van der Waals surface area contributed by atoms with Gasteiger partial charge in [0.1, 0.15) is 6.10 Å². The zero-order valence-electron chi connectivity index (χ0n) is 11.5. The highest BCUT2D eigenvalue weighted by atomic mass is 16.5. The molecule has 0 radical (unpaired) electrons. The van der Waals surface area contributed by atoms with Gasteiger partial charge in [-0.3, -0.25) is 4.68 Å². The monoisotopic (exact) mass is 273 g/mol. The topological polar surface area (TPSA) is 50.5 Å². The molecule has 0 saturated carbocycles. The van der Waals surface area contributed by atoms with Gasteiger partial charge in [0.2, 0.25) is 0 Å². The number of aliphatic hydroxyl groups excluding tert-OH is 1. The van der Waals surface area contributed by atoms with E-state index in [0.717, 1.165) is 12.4 Å². The standard InChI is InChI=1S/C15H19N3O2/c1-20-14-11-17(10-13(14)19)15-7-8-18(16-15)9-12-5-3-2-4-6-12/h2-8,13-14,19H,9-11H2,1H3/t13-,14?/m0/s1. The summed E-state index contributed by atoms with van der Waals surface area (Å²) in [6.45, 7) is 2.01. The third-order valence-electron chi connectivity index (χ3n) is 3.68. The van der Waals surface area contributed by atoms with Crippen LogP contribution in [0.15, 0.2) is 42.6 Å². The summed E-state index contributed by atoms with van der Waals surface area (Å²) < 4.78 is 7.17. The van der Waals surface area contributed by atoms with Crippen LogP contribution in [0, 0.1) is 0 Å². The van der Waals surface area contributed by atoms with Gasteiger partial charge in [-0.2, -0.15) is 5.10 Å². The number of methoxy groups -OCH3 is 1. The van der Waals surface area contributed by atoms with E-state index in [1.165, 1.54) is 5.56 Å². The van der Waals surface area contributed by atoms with Gasteiger partial charge in [-0.05, 0) is 5.56 Å². The molecule has 1 fully saturated rings. The Labute approximate surface area is 118 Å². The van der Waals surface area contributed by atoms with Crippen molar-refractivity contribution in [2.45, 2.75) is 18.8 Å². The third kappa shape index (κ3) is 2.69. The van der Waals surface area contributed by atoms with Crippen molar-refractivity contribution >= 4 is 5.82 Å². The smallest absolute Gasteiger partial charge is 0.150 e. The average Bonchev–Trinajstić information content (AvgIpc) is 3.06. The van der Waals surface area contributed by atoms with Crippen molar-refractivity contribution in [3.63, 3.8) is 0 Å². The molecule has 0 spiro atoms. The van der Waals surface area contributed by atoms with E-state index in [0.29, 0.717) is 13.1 Å². The second kappa shape index (κ2) is 5.64. The van der Waals surface area contributed by atoms with Crippen molar-refractivity contribution in [3.8, 4) is 0 Å². The maximum atomic E-state index is 9.86. The van der Waals surface area contributed by atoms with Crippen LogP contribution in [0.4, 0.5) is 5.82 Å². The zero-order valence-corrected chi connectivity index (χ0v) is 11.5. The summed E-state index contributed by atoms with van der Waals surface area (Å²) in [7, 11) is 1.63. The molecule has 3 rings (SSSR count). The van der Waals surface area contributed by atoms with Gasteiger partial charge in [0.25, 0.3) is 0 Å². The summed E-state index contributed by atoms with van der Waals surface area (Å²) in [5.74, 6) is 0.888. The van der Waals surface area contributed by atoms with Crippen molar-refractivity contribution in [3.05, 3.63) is 48.2 Å². The number of β-amino-alcohol motifs (C(OH)–C–C–N with tert-alkyl or cyclic N) is 1. The summed E-state index contributed by atoms with van der Waals surface area (Å²) >= 11 is 0. The molecule has 2 heterocycles. The molecule has 0 bridgehead atoms. The van der Waals surface area contributed by atoms with Crippen molar-refractivity contribution < 1.29 is 9.84 Å². The highest BCUT2D eigenvalue weighted by Crippen LogP contribution is 2.20. The van der Waals surface area contributed by atoms with Crippen molar-refractivity contribution in [1.82, 2.24) is 9.78 Å². The molecular formula is C15H19N3O2. The summed E-state index contributed by atoms with van der Waals surface area (Å²) in [5.41, 5.74) is 1.22. The lowest BCUT2D eigenvalue weighted by Gasteiger charge is -2.14. The first-order chi connectivity index (χ1) is 9.76. The quantitative estimate of drug-likeness (QED) is 0.907. The van der Waals surface area contributed by atoms with Crippen LogP contribution < -0.4 is 4.90 Å². The maximum absolute atomic E-state index is 9.86. The first-order valence-electron chi connectivity index (χ1n) is 6.79. The minimum absolute atomic E-state index is 0.130. The molecular weight excluding hydrogens is 254 g/mol. The number of aromatic nitrogens is 2. The molecule has 1 saturated heterocycles. The lowest BCUT2D eigenvalue weighted by molar-refractivity contribution is 0.0217. The number of hydrogen-bond acceptors (Lipinski definition) is 4. The molecule has 1 N–H and O–H groups in total. The predicted octanol–water partition coefficient (Wildman–Crippen LogP) is 1.13. The molecule has 0 amide bonds. The highest BCUT2D eigenvalue weighted by molar-refractivity contribution is 5.39. The molecule has 106 valence electrons. The average molecular weight is 273 g/mol. The molecule has 1 aliphatic heterocycles. The van der Waals surface area contributed by atoms with Gasteiger partial charge >= 0.3 is 0 Å². The van der Waals surface area contributed by atoms with Gasteiger partial charge in [0, 0.05) is 32.5 Å². The van der Waals surface area contributed by atoms with Gasteiger partial charge < -0.3 is 14.7 Å². The van der Waals surface area contributed by atoms with Gasteiger partial charge in [0.05, 0.1) is 12.6 Å². The van der Waals surface area contributed by atoms with Crippen molar-refractivity contribution in [2.75, 3.05) is 25.1 Å². The second-order valence-corrected chi connectivity index (χ2v) is 5.10. The van der Waals surface area contributed by atoms with Gasteiger partial charge in [-0.1, -0.05) is 30.3 Å². The number of benzene rings is 1. The van der Waals surface area contributed by atoms with Gasteiger partial charge in [-0.25, -0.2) is 0 Å². The Morgan fingerprint density at radius 1 is 1.25 bits per heavy atom. The first-order valence-corrected chi connectivity index (χ1v) is 6.79. The lowest BCUT2D eigenvalue weighted by atomic mass is 10.2. The van der Waals surface area contributed by atoms with E-state index in [1.54, 1.807) is 7.11 Å². The summed E-state index contributed by atoms with van der Waals surface area (Å²) in [4.78, 5) is 2.06. The van der Waals surface area contributed by atoms with Crippen LogP contribution in [0.3, 0.4) is 0 Å². The maximum Gasteiger partial charge on any atom is 0.150 e. The van der Waals surface area contributed by atoms with E-state index >= 15 is 0 Å². The molecule has 2 aromatic rings. The van der Waals surface area contributed by atoms with Crippen LogP contribution in [0.25, 0.3) is 0 Å². The fourth-order valence-corrected chi connectivity index (χ4v) is 2.55. The molecule has 0 aliphatic carbocycles. The number of aliphatic hydroxyl groups is 1. The molecule has 1 aromatic heterocycles. The summed E-state index contributed by atoms with van der Waals surface area (Å²) in [6, 6.07) is 12.2. The predicted molar refractivity (Wildman–Crippen MR) is 76.8 cm³/mol. The van der Waals surface area contributed by atoms with Crippen LogP contribution in [0.2, 0.25) is 0 Å². The van der Waals surface area contributed by atoms with E-state index in [9.17, 15) is 5.11 Å². The Morgan fingerprint density at radius 2 is 2.05 bits per heavy atom. The van der Waals surface area contributed by atoms with E-state index in [1.807, 2.05) is 35.1 Å². The van der Waals surface area contributed by atoms with Crippen LogP contribution in [0.1, 0.15) is 5.56 Å². The molecule has 5 nitrogen and oxygen atoms in total. The highest BCUT2D eigenvalue weighted by Gasteiger charge is 2.32. The van der Waals surface area contributed by atoms with E-state index in [4.69, 9.17) is 4.74 Å². The van der Waals surface area contributed by atoms with Crippen LogP contribution in [-0.4, -0.2) is 47.3 Å². The van der Waals surface area contributed by atoms with Crippen LogP contribution >= 0.6 is 0 Å². The Hall–Kier alpha value is -1.85. The fourth-order valence-electron chi connectivity index (χ4n) is 2.55. The molecule has 5 heteroatoms. The van der Waals surface area contributed by atoms with Gasteiger partial charge in [0.15, 0.2) is 5.82 Å². The van der Waals surface area contributed by atoms with Gasteiger partial charge in [-0.15, -0.1) is 0 Å². The van der Waals surface area contributed by atoms with E-state index in [-0.39, 0.29) is 6.10 Å². The molecule has 1 aliphatic rings. The Balaban J connectivity index is 1.68. The minimum Gasteiger partial charge on any atom is -0.388 e. The third-order valence-corrected chi connectivity index (χ3v) is 3.68. The first kappa shape index (κ1) is 13.1. The fraction of sp³-hybridized carbons (Fsp3) is 0.400. The van der Waals surface area contributed by atoms with Crippen LogP contribution in [0.5, 0.6) is 0 Å². The minimum atomic E-state index is -0.445. The number of hydrogen-bond donors (Lipinski definition) is 1. The summed E-state index contributed by atoms with van der Waals surface area (Å²) in [5, 5.41) is 14.4. The Bertz CT molecular complexity index is 555. The molecule has 1 unspecified atom stereocenters. The Kier molecular flexibility index (Phi) is 3.71. The molecule has 20 heavy (non-hydrogen) atoms. The molecule has 1 aromatic carbocycles. The van der Waals surface area contributed by atoms with E-state index in [2.05, 4.69) is 22.1 Å². The number of nitrogens with zero attached hydrogens (tertiary/aromatic N) is 3.